The summed E-state index contributed by atoms with van der Waals surface area (Å²) in [5, 5.41) is 7.22. The molecule has 20 heavy (non-hydrogen) atoms. The van der Waals surface area contributed by atoms with Crippen LogP contribution in [0.25, 0.3) is 11.3 Å². The topological polar surface area (TPSA) is 112 Å². The highest BCUT2D eigenvalue weighted by Gasteiger charge is 2.27. The van der Waals surface area contributed by atoms with E-state index in [1.54, 1.807) is 36.8 Å². The predicted molar refractivity (Wildman–Crippen MR) is 73.7 cm³/mol. The van der Waals surface area contributed by atoms with E-state index in [9.17, 15) is 13.2 Å². The molecule has 0 aliphatic rings. The molecule has 0 saturated heterocycles. The Kier molecular flexibility index (Phi) is 3.75. The molecule has 1 aromatic heterocycles. The first-order valence-corrected chi connectivity index (χ1v) is 7.28. The highest BCUT2D eigenvalue weighted by atomic mass is 32.2. The smallest absolute Gasteiger partial charge is 0.323 e. The number of H-pyrrole nitrogens is 1. The van der Waals surface area contributed by atoms with E-state index in [-0.39, 0.29) is 0 Å². The van der Waals surface area contributed by atoms with Crippen LogP contribution in [0.5, 0.6) is 0 Å². The summed E-state index contributed by atoms with van der Waals surface area (Å²) in [6.45, 7) is 1.11. The number of aromatic nitrogens is 2. The minimum absolute atomic E-state index is 0.307. The van der Waals surface area contributed by atoms with Crippen LogP contribution >= 0.6 is 0 Å². The van der Waals surface area contributed by atoms with Crippen molar-refractivity contribution in [1.82, 2.24) is 9.97 Å². The van der Waals surface area contributed by atoms with E-state index in [0.29, 0.717) is 5.69 Å². The van der Waals surface area contributed by atoms with Crippen LogP contribution in [-0.2, 0) is 14.8 Å². The maximum atomic E-state index is 11.7. The van der Waals surface area contributed by atoms with Crippen LogP contribution in [0.1, 0.15) is 6.92 Å². The second kappa shape index (κ2) is 5.33. The number of anilines is 1. The number of imidazole rings is 1. The van der Waals surface area contributed by atoms with Crippen molar-refractivity contribution in [2.24, 2.45) is 0 Å². The lowest BCUT2D eigenvalue weighted by Gasteiger charge is -2.11. The summed E-state index contributed by atoms with van der Waals surface area (Å²) in [5.41, 5.74) is 1.96. The first kappa shape index (κ1) is 14.1. The van der Waals surface area contributed by atoms with Crippen LogP contribution in [0.15, 0.2) is 36.8 Å². The Morgan fingerprint density at radius 3 is 2.50 bits per heavy atom. The Bertz CT molecular complexity index is 693. The van der Waals surface area contributed by atoms with E-state index in [1.807, 2.05) is 0 Å². The third kappa shape index (κ3) is 2.97. The van der Waals surface area contributed by atoms with E-state index in [1.165, 1.54) is 0 Å². The Hall–Kier alpha value is -2.35. The van der Waals surface area contributed by atoms with E-state index in [2.05, 4.69) is 14.7 Å². The van der Waals surface area contributed by atoms with Gasteiger partial charge in [0.2, 0.25) is 10.0 Å². The van der Waals surface area contributed by atoms with Gasteiger partial charge in [-0.15, -0.1) is 0 Å². The van der Waals surface area contributed by atoms with Gasteiger partial charge in [0, 0.05) is 5.69 Å². The van der Waals surface area contributed by atoms with Crippen LogP contribution in [0.3, 0.4) is 0 Å². The predicted octanol–water partition coefficient (Wildman–Crippen LogP) is 1.29. The van der Waals surface area contributed by atoms with E-state index < -0.39 is 21.2 Å². The molecule has 1 aromatic carbocycles. The molecule has 0 spiro atoms. The van der Waals surface area contributed by atoms with Gasteiger partial charge in [-0.2, -0.15) is 0 Å². The van der Waals surface area contributed by atoms with E-state index in [0.717, 1.165) is 18.2 Å². The van der Waals surface area contributed by atoms with Crippen molar-refractivity contribution in [3.05, 3.63) is 36.8 Å². The minimum atomic E-state index is -3.95. The number of hydrogen-bond acceptors (Lipinski definition) is 4. The third-order valence-electron chi connectivity index (χ3n) is 2.77. The van der Waals surface area contributed by atoms with Gasteiger partial charge in [-0.3, -0.25) is 9.52 Å². The van der Waals surface area contributed by atoms with Crippen molar-refractivity contribution < 1.29 is 18.3 Å². The average Bonchev–Trinajstić information content (AvgIpc) is 2.92. The number of hydrogen-bond donors (Lipinski definition) is 3. The fourth-order valence-electron chi connectivity index (χ4n) is 1.52. The molecule has 1 heterocycles. The molecule has 7 nitrogen and oxygen atoms in total. The van der Waals surface area contributed by atoms with Crippen LogP contribution in [0.2, 0.25) is 0 Å². The molecule has 8 heteroatoms. The maximum absolute atomic E-state index is 11.7. The molecule has 0 aliphatic heterocycles. The van der Waals surface area contributed by atoms with Crippen molar-refractivity contribution in [2.45, 2.75) is 12.2 Å². The number of carboxylic acids is 1. The number of benzene rings is 1. The van der Waals surface area contributed by atoms with Crippen LogP contribution in [-0.4, -0.2) is 34.7 Å². The fraction of sp³-hybridized carbons (Fsp3) is 0.167. The van der Waals surface area contributed by atoms with E-state index >= 15 is 0 Å². The molecule has 0 saturated carbocycles. The summed E-state index contributed by atoms with van der Waals surface area (Å²) < 4.78 is 25.7. The van der Waals surface area contributed by atoms with Crippen molar-refractivity contribution in [3.8, 4) is 11.3 Å². The first-order valence-electron chi connectivity index (χ1n) is 5.73. The highest BCUT2D eigenvalue weighted by Crippen LogP contribution is 2.20. The van der Waals surface area contributed by atoms with Crippen molar-refractivity contribution in [3.63, 3.8) is 0 Å². The van der Waals surface area contributed by atoms with Crippen LogP contribution < -0.4 is 4.72 Å². The Morgan fingerprint density at radius 1 is 1.35 bits per heavy atom. The van der Waals surface area contributed by atoms with Gasteiger partial charge >= 0.3 is 5.97 Å². The average molecular weight is 295 g/mol. The molecule has 0 amide bonds. The van der Waals surface area contributed by atoms with Crippen molar-refractivity contribution in [2.75, 3.05) is 4.72 Å². The quantitative estimate of drug-likeness (QED) is 0.769. The molecule has 3 N–H and O–H groups in total. The molecule has 106 valence electrons. The lowest BCUT2D eigenvalue weighted by atomic mass is 10.1. The third-order valence-corrected chi connectivity index (χ3v) is 4.42. The molecule has 2 aromatic rings. The minimum Gasteiger partial charge on any atom is -0.480 e. The SMILES string of the molecule is CC(C(=O)O)S(=O)(=O)Nc1ccc(-c2cnc[nH]2)cc1. The summed E-state index contributed by atoms with van der Waals surface area (Å²) in [4.78, 5) is 17.5. The number of aliphatic carboxylic acids is 1. The molecule has 1 unspecified atom stereocenters. The molecule has 0 fully saturated rings. The van der Waals surface area contributed by atoms with Gasteiger partial charge < -0.3 is 10.1 Å². The van der Waals surface area contributed by atoms with E-state index in [4.69, 9.17) is 5.11 Å². The fourth-order valence-corrected chi connectivity index (χ4v) is 2.42. The van der Waals surface area contributed by atoms with Crippen molar-refractivity contribution in [1.29, 1.82) is 0 Å². The molecule has 2 rings (SSSR count). The zero-order valence-corrected chi connectivity index (χ0v) is 11.4. The first-order chi connectivity index (χ1) is 9.40. The Morgan fingerprint density at radius 2 is 2.00 bits per heavy atom. The Balaban J connectivity index is 2.18. The zero-order chi connectivity index (χ0) is 14.8. The van der Waals surface area contributed by atoms with Gasteiger partial charge in [0.05, 0.1) is 18.2 Å². The number of nitrogens with zero attached hydrogens (tertiary/aromatic N) is 1. The number of aromatic amines is 1. The molecule has 0 bridgehead atoms. The molecule has 0 radical (unpaired) electrons. The molecular weight excluding hydrogens is 282 g/mol. The molecule has 0 aliphatic carbocycles. The van der Waals surface area contributed by atoms with Gasteiger partial charge in [-0.05, 0) is 24.6 Å². The summed E-state index contributed by atoms with van der Waals surface area (Å²) >= 11 is 0. The molecular formula is C12H13N3O4S. The molecule has 1 atom stereocenters. The zero-order valence-electron chi connectivity index (χ0n) is 10.6. The summed E-state index contributed by atoms with van der Waals surface area (Å²) in [5.74, 6) is -1.40. The van der Waals surface area contributed by atoms with Gasteiger partial charge in [-0.1, -0.05) is 12.1 Å². The maximum Gasteiger partial charge on any atom is 0.323 e. The van der Waals surface area contributed by atoms with Gasteiger partial charge in [-0.25, -0.2) is 13.4 Å². The Labute approximate surface area is 115 Å². The number of rotatable bonds is 5. The number of nitrogens with one attached hydrogen (secondary N) is 2. The van der Waals surface area contributed by atoms with Gasteiger partial charge in [0.15, 0.2) is 5.25 Å². The lowest BCUT2D eigenvalue weighted by Crippen LogP contribution is -2.32. The number of carboxylic acid groups (broad SMARTS) is 1. The van der Waals surface area contributed by atoms with Gasteiger partial charge in [0.25, 0.3) is 0 Å². The monoisotopic (exact) mass is 295 g/mol. The standard InChI is InChI=1S/C12H13N3O4S/c1-8(12(16)17)20(18,19)15-10-4-2-9(3-5-10)11-6-13-7-14-11/h2-8,15H,1H3,(H,13,14)(H,16,17). The summed E-state index contributed by atoms with van der Waals surface area (Å²) in [6.07, 6.45) is 3.19. The second-order valence-electron chi connectivity index (χ2n) is 4.17. The summed E-state index contributed by atoms with van der Waals surface area (Å²) in [6, 6.07) is 6.53. The number of sulfonamides is 1. The van der Waals surface area contributed by atoms with Crippen LogP contribution in [0, 0.1) is 0 Å². The van der Waals surface area contributed by atoms with Crippen LogP contribution in [0.4, 0.5) is 5.69 Å². The summed E-state index contributed by atoms with van der Waals surface area (Å²) in [7, 11) is -3.95. The van der Waals surface area contributed by atoms with Gasteiger partial charge in [0.1, 0.15) is 0 Å². The number of carbonyl (C=O) groups is 1. The normalized spacial score (nSPS) is 12.8. The largest absolute Gasteiger partial charge is 0.480 e. The second-order valence-corrected chi connectivity index (χ2v) is 6.17. The lowest BCUT2D eigenvalue weighted by molar-refractivity contribution is -0.136. The highest BCUT2D eigenvalue weighted by molar-refractivity contribution is 7.94. The van der Waals surface area contributed by atoms with Crippen molar-refractivity contribution >= 4 is 21.7 Å².